The van der Waals surface area contributed by atoms with Gasteiger partial charge in [-0.2, -0.15) is 0 Å². The van der Waals surface area contributed by atoms with Gasteiger partial charge >= 0.3 is 8.56 Å². The van der Waals surface area contributed by atoms with Crippen LogP contribution in [0, 0.1) is 0 Å². The second-order valence-electron chi connectivity index (χ2n) is 8.32. The van der Waals surface area contributed by atoms with Crippen molar-refractivity contribution in [1.82, 2.24) is 0 Å². The molecule has 0 aliphatic rings. The van der Waals surface area contributed by atoms with Gasteiger partial charge in [0.15, 0.2) is 16.6 Å². The van der Waals surface area contributed by atoms with Crippen molar-refractivity contribution in [3.8, 4) is 0 Å². The van der Waals surface area contributed by atoms with Gasteiger partial charge in [-0.3, -0.25) is 0 Å². The van der Waals surface area contributed by atoms with Gasteiger partial charge < -0.3 is 19.7 Å². The Balaban J connectivity index is 4.31. The molecule has 140 valence electrons. The average molecular weight is 379 g/mol. The van der Waals surface area contributed by atoms with Crippen LogP contribution >= 0.6 is 0 Å². The standard InChI is InChI=1S/C16H42N2O2Si3/c1-21(2,15-11-7-9-13-17)19-23(5,6)20-22(3,4)16-12-8-10-14-18/h7-18H2,1-6H3. The fourth-order valence-corrected chi connectivity index (χ4v) is 17.4. The summed E-state index contributed by atoms with van der Waals surface area (Å²) in [5, 5.41) is 0. The molecule has 4 nitrogen and oxygen atoms in total. The van der Waals surface area contributed by atoms with E-state index in [1.165, 1.54) is 37.8 Å². The molecular weight excluding hydrogens is 336 g/mol. The van der Waals surface area contributed by atoms with Gasteiger partial charge in [-0.15, -0.1) is 0 Å². The Morgan fingerprint density at radius 3 is 1.22 bits per heavy atom. The zero-order valence-corrected chi connectivity index (χ0v) is 19.5. The normalized spacial score (nSPS) is 13.6. The third kappa shape index (κ3) is 13.5. The largest absolute Gasteiger partial charge is 0.437 e. The quantitative estimate of drug-likeness (QED) is 0.347. The number of nitrogens with two attached hydrogens (primary N) is 2. The van der Waals surface area contributed by atoms with Crippen LogP contribution in [0.3, 0.4) is 0 Å². The maximum atomic E-state index is 6.61. The van der Waals surface area contributed by atoms with Crippen molar-refractivity contribution in [3.05, 3.63) is 0 Å². The summed E-state index contributed by atoms with van der Waals surface area (Å²) in [5.74, 6) is 0. The predicted molar refractivity (Wildman–Crippen MR) is 110 cm³/mol. The van der Waals surface area contributed by atoms with Gasteiger partial charge in [0.25, 0.3) is 0 Å². The molecule has 0 rings (SSSR count). The van der Waals surface area contributed by atoms with Crippen molar-refractivity contribution in [2.75, 3.05) is 13.1 Å². The lowest BCUT2D eigenvalue weighted by atomic mass is 10.2. The molecule has 0 unspecified atom stereocenters. The molecule has 0 spiro atoms. The maximum Gasteiger partial charge on any atom is 0.311 e. The Labute approximate surface area is 148 Å². The molecule has 0 amide bonds. The lowest BCUT2D eigenvalue weighted by Crippen LogP contribution is -2.52. The molecule has 0 aromatic rings. The Bertz CT molecular complexity index is 286. The molecule has 4 N–H and O–H groups in total. The summed E-state index contributed by atoms with van der Waals surface area (Å²) in [6.45, 7) is 15.4. The van der Waals surface area contributed by atoms with E-state index in [9.17, 15) is 0 Å². The zero-order valence-electron chi connectivity index (χ0n) is 16.5. The highest BCUT2D eigenvalue weighted by atomic mass is 28.5. The fraction of sp³-hybridized carbons (Fsp3) is 1.00. The first-order valence-electron chi connectivity index (χ1n) is 9.34. The summed E-state index contributed by atoms with van der Waals surface area (Å²) in [7, 11) is -5.30. The van der Waals surface area contributed by atoms with Gasteiger partial charge in [0, 0.05) is 0 Å². The monoisotopic (exact) mass is 378 g/mol. The van der Waals surface area contributed by atoms with Crippen LogP contribution in [0.4, 0.5) is 0 Å². The minimum atomic E-state index is -2.04. The summed E-state index contributed by atoms with van der Waals surface area (Å²) in [4.78, 5) is 0. The summed E-state index contributed by atoms with van der Waals surface area (Å²) >= 11 is 0. The maximum absolute atomic E-state index is 6.61. The van der Waals surface area contributed by atoms with Gasteiger partial charge in [0.05, 0.1) is 0 Å². The van der Waals surface area contributed by atoms with E-state index in [0.29, 0.717) is 0 Å². The van der Waals surface area contributed by atoms with Crippen molar-refractivity contribution in [2.45, 2.75) is 89.9 Å². The third-order valence-electron chi connectivity index (χ3n) is 4.01. The lowest BCUT2D eigenvalue weighted by Gasteiger charge is -2.38. The van der Waals surface area contributed by atoms with Crippen molar-refractivity contribution in [3.63, 3.8) is 0 Å². The molecule has 0 heterocycles. The van der Waals surface area contributed by atoms with E-state index >= 15 is 0 Å². The SMILES string of the molecule is C[Si](C)(CCCCCN)O[Si](C)(C)O[Si](C)(C)CCCCCN. The minimum Gasteiger partial charge on any atom is -0.437 e. The summed E-state index contributed by atoms with van der Waals surface area (Å²) in [6, 6.07) is 2.43. The van der Waals surface area contributed by atoms with E-state index < -0.39 is 25.2 Å². The van der Waals surface area contributed by atoms with Crippen LogP contribution in [0.15, 0.2) is 0 Å². The Kier molecular flexibility index (Phi) is 11.4. The van der Waals surface area contributed by atoms with E-state index in [4.69, 9.17) is 19.7 Å². The number of unbranched alkanes of at least 4 members (excludes halogenated alkanes) is 4. The van der Waals surface area contributed by atoms with Crippen LogP contribution in [0.5, 0.6) is 0 Å². The molecule has 23 heavy (non-hydrogen) atoms. The molecule has 0 aromatic heterocycles. The van der Waals surface area contributed by atoms with Crippen molar-refractivity contribution >= 4 is 25.2 Å². The molecule has 7 heteroatoms. The number of hydrogen-bond donors (Lipinski definition) is 2. The molecule has 0 saturated carbocycles. The zero-order chi connectivity index (χ0) is 18.0. The highest BCUT2D eigenvalue weighted by molar-refractivity contribution is 6.87. The number of hydrogen-bond acceptors (Lipinski definition) is 4. The predicted octanol–water partition coefficient (Wildman–Crippen LogP) is 4.39. The van der Waals surface area contributed by atoms with Crippen molar-refractivity contribution < 1.29 is 8.23 Å². The highest BCUT2D eigenvalue weighted by Gasteiger charge is 2.39. The molecule has 0 fully saturated rings. The van der Waals surface area contributed by atoms with E-state index in [1.54, 1.807) is 0 Å². The molecular formula is C16H42N2O2Si3. The van der Waals surface area contributed by atoms with Crippen LogP contribution in [-0.4, -0.2) is 38.3 Å². The van der Waals surface area contributed by atoms with Gasteiger partial charge in [0.1, 0.15) is 0 Å². The van der Waals surface area contributed by atoms with Crippen molar-refractivity contribution in [2.24, 2.45) is 11.5 Å². The molecule has 0 aliphatic heterocycles. The van der Waals surface area contributed by atoms with Crippen LogP contribution in [-0.2, 0) is 8.23 Å². The van der Waals surface area contributed by atoms with Gasteiger partial charge in [-0.05, 0) is 77.3 Å². The highest BCUT2D eigenvalue weighted by Crippen LogP contribution is 2.26. The van der Waals surface area contributed by atoms with E-state index in [1.807, 2.05) is 0 Å². The first kappa shape index (κ1) is 23.5. The Morgan fingerprint density at radius 1 is 0.565 bits per heavy atom. The van der Waals surface area contributed by atoms with E-state index in [-0.39, 0.29) is 0 Å². The number of rotatable bonds is 14. The first-order chi connectivity index (χ1) is 10.5. The smallest absolute Gasteiger partial charge is 0.311 e. The van der Waals surface area contributed by atoms with Gasteiger partial charge in [-0.1, -0.05) is 25.7 Å². The topological polar surface area (TPSA) is 70.5 Å². The minimum absolute atomic E-state index is 0.802. The van der Waals surface area contributed by atoms with Gasteiger partial charge in [-0.25, -0.2) is 0 Å². The molecule has 0 atom stereocenters. The summed E-state index contributed by atoms with van der Waals surface area (Å²) in [5.41, 5.74) is 11.1. The summed E-state index contributed by atoms with van der Waals surface area (Å²) < 4.78 is 13.2. The van der Waals surface area contributed by atoms with E-state index in [2.05, 4.69) is 39.3 Å². The molecule has 0 radical (unpaired) electrons. The first-order valence-corrected chi connectivity index (χ1v) is 18.4. The summed E-state index contributed by atoms with van der Waals surface area (Å²) in [6.07, 6.45) is 7.18. The molecule has 0 bridgehead atoms. The average Bonchev–Trinajstić information content (AvgIpc) is 2.37. The van der Waals surface area contributed by atoms with Crippen LogP contribution in [0.1, 0.15) is 38.5 Å². The van der Waals surface area contributed by atoms with Gasteiger partial charge in [0.2, 0.25) is 0 Å². The Morgan fingerprint density at radius 2 is 0.913 bits per heavy atom. The molecule has 0 aliphatic carbocycles. The van der Waals surface area contributed by atoms with Crippen LogP contribution in [0.2, 0.25) is 51.4 Å². The second kappa shape index (κ2) is 11.2. The Hall–Kier alpha value is 0.491. The molecule has 0 saturated heterocycles. The van der Waals surface area contributed by atoms with Crippen LogP contribution < -0.4 is 11.5 Å². The van der Waals surface area contributed by atoms with Crippen LogP contribution in [0.25, 0.3) is 0 Å². The third-order valence-corrected chi connectivity index (χ3v) is 15.5. The fourth-order valence-electron chi connectivity index (χ4n) is 3.20. The lowest BCUT2D eigenvalue weighted by molar-refractivity contribution is 0.386. The second-order valence-corrected chi connectivity index (χ2v) is 20.8. The molecule has 0 aromatic carbocycles. The van der Waals surface area contributed by atoms with Crippen molar-refractivity contribution in [1.29, 1.82) is 0 Å². The van der Waals surface area contributed by atoms with E-state index in [0.717, 1.165) is 25.9 Å².